The van der Waals surface area contributed by atoms with Crippen molar-refractivity contribution in [3.63, 3.8) is 0 Å². The van der Waals surface area contributed by atoms with Gasteiger partial charge in [0.05, 0.1) is 19.3 Å². The molecule has 1 saturated carbocycles. The van der Waals surface area contributed by atoms with Crippen LogP contribution in [0.25, 0.3) is 0 Å². The van der Waals surface area contributed by atoms with Gasteiger partial charge in [-0.05, 0) is 31.0 Å². The van der Waals surface area contributed by atoms with Gasteiger partial charge >= 0.3 is 5.97 Å². The van der Waals surface area contributed by atoms with Gasteiger partial charge in [-0.3, -0.25) is 0 Å². The van der Waals surface area contributed by atoms with E-state index in [0.29, 0.717) is 23.8 Å². The summed E-state index contributed by atoms with van der Waals surface area (Å²) in [6.45, 7) is 0.656. The number of nitrogens with zero attached hydrogens (tertiary/aromatic N) is 1. The van der Waals surface area contributed by atoms with Crippen molar-refractivity contribution in [2.24, 2.45) is 0 Å². The number of nitrogens with two attached hydrogens (primary N) is 1. The maximum Gasteiger partial charge on any atom is 0.340 e. The number of rotatable bonds is 5. The van der Waals surface area contributed by atoms with Crippen LogP contribution in [0.3, 0.4) is 0 Å². The summed E-state index contributed by atoms with van der Waals surface area (Å²) in [7, 11) is 1.34. The van der Waals surface area contributed by atoms with Gasteiger partial charge in [-0.1, -0.05) is 12.8 Å². The van der Waals surface area contributed by atoms with E-state index in [-0.39, 0.29) is 6.61 Å². The summed E-state index contributed by atoms with van der Waals surface area (Å²) >= 11 is 0. The van der Waals surface area contributed by atoms with Crippen molar-refractivity contribution in [2.75, 3.05) is 30.9 Å². The van der Waals surface area contributed by atoms with Gasteiger partial charge in [0.15, 0.2) is 0 Å². The molecule has 110 valence electrons. The number of aliphatic hydroxyl groups excluding tert-OH is 1. The second kappa shape index (κ2) is 6.61. The molecule has 1 aromatic carbocycles. The second-order valence-electron chi connectivity index (χ2n) is 5.12. The summed E-state index contributed by atoms with van der Waals surface area (Å²) in [6, 6.07) is 5.81. The Bertz CT molecular complexity index is 470. The highest BCUT2D eigenvalue weighted by Gasteiger charge is 2.23. The lowest BCUT2D eigenvalue weighted by Gasteiger charge is -2.31. The first kappa shape index (κ1) is 14.7. The van der Waals surface area contributed by atoms with Gasteiger partial charge < -0.3 is 20.5 Å². The fourth-order valence-corrected chi connectivity index (χ4v) is 2.86. The molecule has 0 radical (unpaired) electrons. The highest BCUT2D eigenvalue weighted by atomic mass is 16.5. The van der Waals surface area contributed by atoms with Gasteiger partial charge in [0.2, 0.25) is 0 Å². The molecule has 5 heteroatoms. The molecule has 0 heterocycles. The SMILES string of the molecule is COC(=O)c1cc(N(CCO)C2CCCC2)ccc1N. The molecule has 0 aromatic heterocycles. The number of benzene rings is 1. The Morgan fingerprint density at radius 1 is 1.45 bits per heavy atom. The standard InChI is InChI=1S/C15H22N2O3/c1-20-15(19)13-10-12(6-7-14(13)16)17(8-9-18)11-4-2-3-5-11/h6-7,10-11,18H,2-5,8-9,16H2,1H3. The molecule has 0 saturated heterocycles. The van der Waals surface area contributed by atoms with E-state index in [0.717, 1.165) is 18.5 Å². The number of anilines is 2. The average Bonchev–Trinajstić information content (AvgIpc) is 2.98. The zero-order valence-electron chi connectivity index (χ0n) is 11.8. The number of ether oxygens (including phenoxy) is 1. The fraction of sp³-hybridized carbons (Fsp3) is 0.533. The quantitative estimate of drug-likeness (QED) is 0.634. The maximum atomic E-state index is 11.7. The van der Waals surface area contributed by atoms with Gasteiger partial charge in [-0.25, -0.2) is 4.79 Å². The summed E-state index contributed by atoms with van der Waals surface area (Å²) < 4.78 is 4.75. The Morgan fingerprint density at radius 3 is 2.75 bits per heavy atom. The predicted octanol–water partition coefficient (Wildman–Crippen LogP) is 1.80. The van der Waals surface area contributed by atoms with Crippen molar-refractivity contribution < 1.29 is 14.6 Å². The topological polar surface area (TPSA) is 75.8 Å². The lowest BCUT2D eigenvalue weighted by Crippen LogP contribution is -2.35. The van der Waals surface area contributed by atoms with Gasteiger partial charge in [-0.15, -0.1) is 0 Å². The molecule has 0 unspecified atom stereocenters. The first-order chi connectivity index (χ1) is 9.67. The van der Waals surface area contributed by atoms with Crippen LogP contribution in [0.1, 0.15) is 36.0 Å². The minimum absolute atomic E-state index is 0.0917. The van der Waals surface area contributed by atoms with Crippen LogP contribution in [0, 0.1) is 0 Å². The van der Waals surface area contributed by atoms with Crippen molar-refractivity contribution in [3.05, 3.63) is 23.8 Å². The highest BCUT2D eigenvalue weighted by molar-refractivity contribution is 5.96. The van der Waals surface area contributed by atoms with E-state index in [1.165, 1.54) is 20.0 Å². The fourth-order valence-electron chi connectivity index (χ4n) is 2.86. The Kier molecular flexibility index (Phi) is 4.84. The van der Waals surface area contributed by atoms with Crippen molar-refractivity contribution in [2.45, 2.75) is 31.7 Å². The molecular weight excluding hydrogens is 256 g/mol. The smallest absolute Gasteiger partial charge is 0.340 e. The first-order valence-electron chi connectivity index (χ1n) is 7.02. The molecule has 0 amide bonds. The van der Waals surface area contributed by atoms with Crippen LogP contribution in [0.2, 0.25) is 0 Å². The Balaban J connectivity index is 2.30. The van der Waals surface area contributed by atoms with Crippen LogP contribution in [-0.4, -0.2) is 37.4 Å². The monoisotopic (exact) mass is 278 g/mol. The van der Waals surface area contributed by atoms with E-state index in [1.807, 2.05) is 6.07 Å². The summed E-state index contributed by atoms with van der Waals surface area (Å²) in [6.07, 6.45) is 4.67. The zero-order chi connectivity index (χ0) is 14.5. The van der Waals surface area contributed by atoms with Crippen LogP contribution in [0.15, 0.2) is 18.2 Å². The van der Waals surface area contributed by atoms with E-state index < -0.39 is 5.97 Å². The highest BCUT2D eigenvalue weighted by Crippen LogP contribution is 2.30. The third kappa shape index (κ3) is 3.04. The van der Waals surface area contributed by atoms with E-state index in [2.05, 4.69) is 4.90 Å². The van der Waals surface area contributed by atoms with Crippen LogP contribution in [0.5, 0.6) is 0 Å². The second-order valence-corrected chi connectivity index (χ2v) is 5.12. The number of nitrogen functional groups attached to an aromatic ring is 1. The van der Waals surface area contributed by atoms with E-state index in [9.17, 15) is 9.90 Å². The number of esters is 1. The third-order valence-electron chi connectivity index (χ3n) is 3.88. The van der Waals surface area contributed by atoms with E-state index in [4.69, 9.17) is 10.5 Å². The third-order valence-corrected chi connectivity index (χ3v) is 3.88. The van der Waals surface area contributed by atoms with Crippen LogP contribution in [-0.2, 0) is 4.74 Å². The van der Waals surface area contributed by atoms with Crippen LogP contribution >= 0.6 is 0 Å². The van der Waals surface area contributed by atoms with Gasteiger partial charge in [0.1, 0.15) is 0 Å². The first-order valence-corrected chi connectivity index (χ1v) is 7.02. The summed E-state index contributed by atoms with van der Waals surface area (Å²) in [4.78, 5) is 13.9. The molecule has 0 bridgehead atoms. The molecular formula is C15H22N2O3. The minimum atomic E-state index is -0.431. The number of hydrogen-bond acceptors (Lipinski definition) is 5. The summed E-state index contributed by atoms with van der Waals surface area (Å²) in [5.74, 6) is -0.431. The molecule has 0 atom stereocenters. The molecule has 1 aliphatic rings. The van der Waals surface area contributed by atoms with Gasteiger partial charge in [0.25, 0.3) is 0 Å². The molecule has 0 spiro atoms. The summed E-state index contributed by atoms with van der Waals surface area (Å²) in [5, 5.41) is 9.28. The number of methoxy groups -OCH3 is 1. The summed E-state index contributed by atoms with van der Waals surface area (Å²) in [5.41, 5.74) is 7.54. The average molecular weight is 278 g/mol. The van der Waals surface area contributed by atoms with Crippen molar-refractivity contribution in [3.8, 4) is 0 Å². The largest absolute Gasteiger partial charge is 0.465 e. The molecule has 5 nitrogen and oxygen atoms in total. The van der Waals surface area contributed by atoms with Gasteiger partial charge in [0, 0.05) is 24.0 Å². The number of hydrogen-bond donors (Lipinski definition) is 2. The Morgan fingerprint density at radius 2 is 2.15 bits per heavy atom. The predicted molar refractivity (Wildman–Crippen MR) is 78.9 cm³/mol. The van der Waals surface area contributed by atoms with Crippen LogP contribution < -0.4 is 10.6 Å². The zero-order valence-corrected chi connectivity index (χ0v) is 11.8. The number of carbonyl (C=O) groups is 1. The maximum absolute atomic E-state index is 11.7. The minimum Gasteiger partial charge on any atom is -0.465 e. The van der Waals surface area contributed by atoms with Crippen molar-refractivity contribution in [1.82, 2.24) is 0 Å². The Labute approximate surface area is 119 Å². The number of carbonyl (C=O) groups excluding carboxylic acids is 1. The molecule has 3 N–H and O–H groups in total. The molecule has 0 aliphatic heterocycles. The molecule has 1 aliphatic carbocycles. The van der Waals surface area contributed by atoms with E-state index >= 15 is 0 Å². The Hall–Kier alpha value is -1.75. The normalized spacial score (nSPS) is 15.3. The lowest BCUT2D eigenvalue weighted by molar-refractivity contribution is 0.0602. The molecule has 1 aromatic rings. The van der Waals surface area contributed by atoms with Gasteiger partial charge in [-0.2, -0.15) is 0 Å². The molecule has 20 heavy (non-hydrogen) atoms. The van der Waals surface area contributed by atoms with Crippen molar-refractivity contribution in [1.29, 1.82) is 0 Å². The van der Waals surface area contributed by atoms with E-state index in [1.54, 1.807) is 12.1 Å². The lowest BCUT2D eigenvalue weighted by atomic mass is 10.1. The van der Waals surface area contributed by atoms with Crippen molar-refractivity contribution >= 4 is 17.3 Å². The molecule has 1 fully saturated rings. The molecule has 2 rings (SSSR count). The number of aliphatic hydroxyl groups is 1. The van der Waals surface area contributed by atoms with Crippen LogP contribution in [0.4, 0.5) is 11.4 Å².